The number of likely N-dealkylation sites (N-methyl/N-ethyl adjacent to an activating group) is 1. The highest BCUT2D eigenvalue weighted by molar-refractivity contribution is 5.97. The molecular weight excluding hydrogens is 324 g/mol. The van der Waals surface area contributed by atoms with Gasteiger partial charge in [0, 0.05) is 31.4 Å². The zero-order chi connectivity index (χ0) is 18.2. The lowest BCUT2D eigenvalue weighted by Crippen LogP contribution is -3.11. The highest BCUT2D eigenvalue weighted by Gasteiger charge is 2.21. The highest BCUT2D eigenvalue weighted by atomic mass is 16.5. The van der Waals surface area contributed by atoms with Gasteiger partial charge in [-0.3, -0.25) is 14.4 Å². The smallest absolute Gasteiger partial charge is 0.279 e. The maximum absolute atomic E-state index is 12.2. The van der Waals surface area contributed by atoms with Gasteiger partial charge >= 0.3 is 0 Å². The number of morpholine rings is 1. The van der Waals surface area contributed by atoms with Crippen LogP contribution in [0.25, 0.3) is 0 Å². The van der Waals surface area contributed by atoms with E-state index in [1.54, 1.807) is 43.3 Å². The van der Waals surface area contributed by atoms with Gasteiger partial charge in [0.15, 0.2) is 13.1 Å². The van der Waals surface area contributed by atoms with E-state index < -0.39 is 0 Å². The molecule has 0 bridgehead atoms. The van der Waals surface area contributed by atoms with Crippen molar-refractivity contribution in [3.05, 3.63) is 29.8 Å². The molecule has 8 heteroatoms. The van der Waals surface area contributed by atoms with Gasteiger partial charge in [0.1, 0.15) is 0 Å². The molecular formula is C17H25N4O4+. The molecule has 1 heterocycles. The minimum atomic E-state index is -0.213. The van der Waals surface area contributed by atoms with Gasteiger partial charge in [-0.25, -0.2) is 0 Å². The lowest BCUT2D eigenvalue weighted by molar-refractivity contribution is -0.862. The van der Waals surface area contributed by atoms with Gasteiger partial charge in [0.05, 0.1) is 20.3 Å². The van der Waals surface area contributed by atoms with Crippen molar-refractivity contribution >= 4 is 23.4 Å². The number of carbonyl (C=O) groups excluding carboxylic acids is 3. The zero-order valence-corrected chi connectivity index (χ0v) is 14.6. The molecule has 1 aromatic rings. The molecule has 3 amide bonds. The molecule has 0 saturated carbocycles. The number of hydrogen-bond donors (Lipinski definition) is 3. The van der Waals surface area contributed by atoms with E-state index in [0.29, 0.717) is 37.6 Å². The van der Waals surface area contributed by atoms with Crippen LogP contribution in [-0.2, 0) is 14.3 Å². The number of carbonyl (C=O) groups is 3. The number of rotatable bonds is 6. The third kappa shape index (κ3) is 5.84. The Hall–Kier alpha value is -2.45. The normalized spacial score (nSPS) is 15.4. The number of benzene rings is 1. The summed E-state index contributed by atoms with van der Waals surface area (Å²) in [5.41, 5.74) is 1.03. The molecule has 1 aliphatic rings. The van der Waals surface area contributed by atoms with Crippen molar-refractivity contribution < 1.29 is 24.0 Å². The summed E-state index contributed by atoms with van der Waals surface area (Å²) in [4.78, 5) is 38.5. The lowest BCUT2D eigenvalue weighted by atomic mass is 10.2. The third-order valence-electron chi connectivity index (χ3n) is 3.91. The second-order valence-corrected chi connectivity index (χ2v) is 6.01. The fourth-order valence-corrected chi connectivity index (χ4v) is 2.61. The minimum Gasteiger partial charge on any atom is -0.378 e. The van der Waals surface area contributed by atoms with Gasteiger partial charge in [-0.15, -0.1) is 0 Å². The molecule has 0 spiro atoms. The summed E-state index contributed by atoms with van der Waals surface area (Å²) in [5.74, 6) is -0.397. The highest BCUT2D eigenvalue weighted by Crippen LogP contribution is 2.10. The monoisotopic (exact) mass is 349 g/mol. The lowest BCUT2D eigenvalue weighted by Gasteiger charge is -2.27. The molecule has 1 saturated heterocycles. The van der Waals surface area contributed by atoms with Crippen molar-refractivity contribution in [2.75, 3.05) is 58.8 Å². The van der Waals surface area contributed by atoms with Gasteiger partial charge < -0.3 is 25.2 Å². The first-order chi connectivity index (χ1) is 12.0. The molecule has 1 atom stereocenters. The van der Waals surface area contributed by atoms with Crippen LogP contribution in [-0.4, -0.2) is 76.1 Å². The van der Waals surface area contributed by atoms with Crippen LogP contribution < -0.4 is 15.5 Å². The van der Waals surface area contributed by atoms with Crippen LogP contribution in [0.15, 0.2) is 24.3 Å². The Kier molecular flexibility index (Phi) is 6.91. The third-order valence-corrected chi connectivity index (χ3v) is 3.91. The van der Waals surface area contributed by atoms with Crippen LogP contribution in [0.5, 0.6) is 0 Å². The maximum Gasteiger partial charge on any atom is 0.279 e. The van der Waals surface area contributed by atoms with E-state index in [1.165, 1.54) is 0 Å². The molecule has 1 aromatic carbocycles. The van der Waals surface area contributed by atoms with E-state index in [0.717, 1.165) is 4.90 Å². The number of nitrogens with one attached hydrogen (secondary N) is 3. The fourth-order valence-electron chi connectivity index (χ4n) is 2.61. The van der Waals surface area contributed by atoms with Crippen molar-refractivity contribution in [3.63, 3.8) is 0 Å². The Labute approximate surface area is 147 Å². The van der Waals surface area contributed by atoms with E-state index in [9.17, 15) is 14.4 Å². The van der Waals surface area contributed by atoms with Crippen molar-refractivity contribution in [1.29, 1.82) is 0 Å². The average molecular weight is 349 g/mol. The van der Waals surface area contributed by atoms with Crippen LogP contribution in [0.3, 0.4) is 0 Å². The first kappa shape index (κ1) is 18.9. The predicted molar refractivity (Wildman–Crippen MR) is 92.5 cm³/mol. The molecule has 1 aliphatic heterocycles. The van der Waals surface area contributed by atoms with E-state index in [4.69, 9.17) is 4.74 Å². The summed E-state index contributed by atoms with van der Waals surface area (Å²) in [6.07, 6.45) is 0. The van der Waals surface area contributed by atoms with Crippen LogP contribution in [0.1, 0.15) is 10.4 Å². The number of nitrogens with zero attached hydrogens (tertiary/aromatic N) is 1. The molecule has 3 N–H and O–H groups in total. The van der Waals surface area contributed by atoms with Crippen LogP contribution in [0, 0.1) is 0 Å². The first-order valence-electron chi connectivity index (χ1n) is 8.28. The van der Waals surface area contributed by atoms with Gasteiger partial charge in [0.2, 0.25) is 0 Å². The molecule has 136 valence electrons. The van der Waals surface area contributed by atoms with Gasteiger partial charge in [0.25, 0.3) is 17.7 Å². The predicted octanol–water partition coefficient (Wildman–Crippen LogP) is -1.64. The number of quaternary nitrogens is 1. The largest absolute Gasteiger partial charge is 0.378 e. The summed E-state index contributed by atoms with van der Waals surface area (Å²) in [7, 11) is 3.36. The van der Waals surface area contributed by atoms with Crippen molar-refractivity contribution in [3.8, 4) is 0 Å². The molecule has 0 radical (unpaired) electrons. The Bertz CT molecular complexity index is 629. The number of ether oxygens (including phenoxy) is 1. The summed E-state index contributed by atoms with van der Waals surface area (Å²) in [6.45, 7) is 2.75. The Morgan fingerprint density at radius 2 is 1.92 bits per heavy atom. The molecule has 1 fully saturated rings. The van der Waals surface area contributed by atoms with Gasteiger partial charge in [-0.05, 0) is 18.2 Å². The Morgan fingerprint density at radius 3 is 2.60 bits per heavy atom. The Balaban J connectivity index is 1.83. The van der Waals surface area contributed by atoms with Crippen LogP contribution in [0.2, 0.25) is 0 Å². The van der Waals surface area contributed by atoms with Crippen molar-refractivity contribution in [2.24, 2.45) is 0 Å². The van der Waals surface area contributed by atoms with E-state index >= 15 is 0 Å². The molecule has 8 nitrogen and oxygen atoms in total. The molecule has 25 heavy (non-hydrogen) atoms. The summed E-state index contributed by atoms with van der Waals surface area (Å²) in [6, 6.07) is 6.72. The average Bonchev–Trinajstić information content (AvgIpc) is 2.61. The molecule has 2 rings (SSSR count). The second-order valence-electron chi connectivity index (χ2n) is 6.01. The minimum absolute atomic E-state index is 0.0233. The van der Waals surface area contributed by atoms with Crippen LogP contribution in [0.4, 0.5) is 5.69 Å². The maximum atomic E-state index is 12.2. The summed E-state index contributed by atoms with van der Waals surface area (Å²) < 4.78 is 5.23. The number of amides is 3. The second kappa shape index (κ2) is 9.14. The SMILES string of the molecule is CNC(=O)c1cccc(NC(=O)C[NH+](C)CC(=O)N2CCOCC2)c1. The molecule has 0 aromatic heterocycles. The van der Waals surface area contributed by atoms with E-state index in [-0.39, 0.29) is 30.8 Å². The first-order valence-corrected chi connectivity index (χ1v) is 8.28. The van der Waals surface area contributed by atoms with Crippen molar-refractivity contribution in [2.45, 2.75) is 0 Å². The van der Waals surface area contributed by atoms with Gasteiger partial charge in [-0.1, -0.05) is 6.07 Å². The van der Waals surface area contributed by atoms with E-state index in [2.05, 4.69) is 10.6 Å². The zero-order valence-electron chi connectivity index (χ0n) is 14.6. The van der Waals surface area contributed by atoms with Crippen LogP contribution >= 0.6 is 0 Å². The standard InChI is InChI=1S/C17H24N4O4/c1-18-17(24)13-4-3-5-14(10-13)19-15(22)11-20(2)12-16(23)21-6-8-25-9-7-21/h3-5,10H,6-9,11-12H2,1-2H3,(H,18,24)(H,19,22)/p+1. The quantitative estimate of drug-likeness (QED) is 0.574. The topological polar surface area (TPSA) is 92.2 Å². The molecule has 0 aliphatic carbocycles. The Morgan fingerprint density at radius 1 is 1.20 bits per heavy atom. The fraction of sp³-hybridized carbons (Fsp3) is 0.471. The molecule has 1 unspecified atom stereocenters. The number of anilines is 1. The van der Waals surface area contributed by atoms with E-state index in [1.807, 2.05) is 0 Å². The van der Waals surface area contributed by atoms with Gasteiger partial charge in [-0.2, -0.15) is 0 Å². The summed E-state index contributed by atoms with van der Waals surface area (Å²) in [5, 5.41) is 5.30. The summed E-state index contributed by atoms with van der Waals surface area (Å²) >= 11 is 0. The number of hydrogen-bond acceptors (Lipinski definition) is 4. The van der Waals surface area contributed by atoms with Crippen molar-refractivity contribution in [1.82, 2.24) is 10.2 Å².